The van der Waals surface area contributed by atoms with Crippen LogP contribution in [0.1, 0.15) is 35.0 Å². The molecule has 150 valence electrons. The normalized spacial score (nSPS) is 18.5. The zero-order valence-electron chi connectivity index (χ0n) is 16.1. The molecule has 1 amide bonds. The van der Waals surface area contributed by atoms with Gasteiger partial charge in [0.05, 0.1) is 17.0 Å². The number of hydrogen-bond donors (Lipinski definition) is 3. The highest BCUT2D eigenvalue weighted by Gasteiger charge is 2.28. The van der Waals surface area contributed by atoms with Gasteiger partial charge >= 0.3 is 0 Å². The average molecular weight is 430 g/mol. The summed E-state index contributed by atoms with van der Waals surface area (Å²) in [6, 6.07) is 6.30. The van der Waals surface area contributed by atoms with Crippen molar-refractivity contribution in [3.8, 4) is 0 Å². The van der Waals surface area contributed by atoms with Crippen molar-refractivity contribution in [3.63, 3.8) is 0 Å². The molecule has 5 rings (SSSR count). The molecule has 0 saturated carbocycles. The van der Waals surface area contributed by atoms with E-state index in [0.717, 1.165) is 64.5 Å². The number of aryl methyl sites for hydroxylation is 1. The molecular weight excluding hydrogens is 408 g/mol. The SMILES string of the molecule is CCc1[nH]c2nc(Sc3ccc4c(c3)C(=O)NC4)nc(N3CC[C@@H]([NH3+])C3)c2c1Cl. The summed E-state index contributed by atoms with van der Waals surface area (Å²) in [4.78, 5) is 28.2. The second-order valence-electron chi connectivity index (χ2n) is 7.53. The molecule has 2 aliphatic heterocycles. The van der Waals surface area contributed by atoms with Crippen molar-refractivity contribution in [2.45, 2.75) is 42.4 Å². The van der Waals surface area contributed by atoms with Gasteiger partial charge in [0.2, 0.25) is 0 Å². The van der Waals surface area contributed by atoms with Crippen LogP contribution in [-0.4, -0.2) is 40.0 Å². The standard InChI is InChI=1S/C20H21ClN6OS/c1-2-14-16(21)15-17(24-14)25-20(26-18(15)27-6-5-11(22)9-27)29-12-4-3-10-8-23-19(28)13(10)7-12/h3-4,7,11H,2,5-6,8-9,22H2,1H3,(H,23,28)(H,24,25,26)/p+1/t11-/m1/s1. The maximum Gasteiger partial charge on any atom is 0.251 e. The van der Waals surface area contributed by atoms with E-state index in [1.807, 2.05) is 18.2 Å². The highest BCUT2D eigenvalue weighted by Crippen LogP contribution is 2.37. The predicted molar refractivity (Wildman–Crippen MR) is 114 cm³/mol. The van der Waals surface area contributed by atoms with Gasteiger partial charge in [-0.15, -0.1) is 0 Å². The van der Waals surface area contributed by atoms with Crippen molar-refractivity contribution in [1.82, 2.24) is 20.3 Å². The molecule has 0 aliphatic carbocycles. The first-order chi connectivity index (χ1) is 14.0. The van der Waals surface area contributed by atoms with E-state index in [1.54, 1.807) is 0 Å². The quantitative estimate of drug-likeness (QED) is 0.553. The van der Waals surface area contributed by atoms with E-state index in [2.05, 4.69) is 27.9 Å². The van der Waals surface area contributed by atoms with Crippen molar-refractivity contribution in [1.29, 1.82) is 0 Å². The van der Waals surface area contributed by atoms with Crippen LogP contribution in [0.2, 0.25) is 5.02 Å². The topological polar surface area (TPSA) is 102 Å². The largest absolute Gasteiger partial charge is 0.354 e. The van der Waals surface area contributed by atoms with Gasteiger partial charge < -0.3 is 20.9 Å². The molecule has 2 aliphatic rings. The molecule has 1 fully saturated rings. The van der Waals surface area contributed by atoms with Crippen LogP contribution in [0.25, 0.3) is 11.0 Å². The van der Waals surface area contributed by atoms with E-state index in [1.165, 1.54) is 11.8 Å². The summed E-state index contributed by atoms with van der Waals surface area (Å²) < 4.78 is 0. The van der Waals surface area contributed by atoms with E-state index in [4.69, 9.17) is 21.6 Å². The second kappa shape index (κ2) is 7.19. The lowest BCUT2D eigenvalue weighted by molar-refractivity contribution is -0.412. The number of anilines is 1. The number of carbonyl (C=O) groups is 1. The molecular formula is C20H22ClN6OS+. The predicted octanol–water partition coefficient (Wildman–Crippen LogP) is 2.39. The van der Waals surface area contributed by atoms with Crippen molar-refractivity contribution < 1.29 is 10.5 Å². The van der Waals surface area contributed by atoms with Crippen LogP contribution in [-0.2, 0) is 13.0 Å². The number of nitrogens with zero attached hydrogens (tertiary/aromatic N) is 3. The summed E-state index contributed by atoms with van der Waals surface area (Å²) in [5, 5.41) is 5.08. The minimum absolute atomic E-state index is 0.0261. The molecule has 1 saturated heterocycles. The number of aromatic nitrogens is 3. The Bertz CT molecular complexity index is 1130. The number of benzene rings is 1. The minimum atomic E-state index is -0.0261. The molecule has 0 spiro atoms. The van der Waals surface area contributed by atoms with Crippen LogP contribution >= 0.6 is 23.4 Å². The number of fused-ring (bicyclic) bond motifs is 2. The lowest BCUT2D eigenvalue weighted by Crippen LogP contribution is -2.61. The van der Waals surface area contributed by atoms with E-state index >= 15 is 0 Å². The molecule has 1 aromatic carbocycles. The summed E-state index contributed by atoms with van der Waals surface area (Å²) in [7, 11) is 0. The fourth-order valence-electron chi connectivity index (χ4n) is 3.97. The van der Waals surface area contributed by atoms with Crippen LogP contribution in [0, 0.1) is 0 Å². The number of amides is 1. The Morgan fingerprint density at radius 1 is 1.38 bits per heavy atom. The number of aromatic amines is 1. The van der Waals surface area contributed by atoms with Gasteiger partial charge in [-0.25, -0.2) is 9.97 Å². The molecule has 3 aromatic rings. The number of quaternary nitrogens is 1. The maximum absolute atomic E-state index is 12.0. The van der Waals surface area contributed by atoms with Crippen LogP contribution < -0.4 is 16.0 Å². The average Bonchev–Trinajstić information content (AvgIpc) is 3.39. The number of hydrogen-bond acceptors (Lipinski definition) is 5. The Labute approximate surface area is 177 Å². The smallest absolute Gasteiger partial charge is 0.251 e. The zero-order valence-corrected chi connectivity index (χ0v) is 17.7. The molecule has 5 N–H and O–H groups in total. The van der Waals surface area contributed by atoms with Gasteiger partial charge in [-0.05, 0) is 35.9 Å². The molecule has 4 heterocycles. The third-order valence-corrected chi connectivity index (χ3v) is 6.81. The lowest BCUT2D eigenvalue weighted by atomic mass is 10.1. The fraction of sp³-hybridized carbons (Fsp3) is 0.350. The van der Waals surface area contributed by atoms with Crippen LogP contribution in [0.5, 0.6) is 0 Å². The summed E-state index contributed by atoms with van der Waals surface area (Å²) in [6.45, 7) is 4.43. The molecule has 0 radical (unpaired) electrons. The third kappa shape index (κ3) is 3.25. The van der Waals surface area contributed by atoms with Crippen molar-refractivity contribution in [2.75, 3.05) is 18.0 Å². The van der Waals surface area contributed by atoms with Gasteiger partial charge in [0.25, 0.3) is 5.91 Å². The van der Waals surface area contributed by atoms with E-state index in [0.29, 0.717) is 22.8 Å². The van der Waals surface area contributed by atoms with Gasteiger partial charge in [0, 0.05) is 35.7 Å². The number of nitrogens with one attached hydrogen (secondary N) is 2. The third-order valence-electron chi connectivity index (χ3n) is 5.54. The van der Waals surface area contributed by atoms with Gasteiger partial charge in [-0.1, -0.05) is 24.6 Å². The Hall–Kier alpha value is -2.29. The first-order valence-electron chi connectivity index (χ1n) is 9.78. The molecule has 29 heavy (non-hydrogen) atoms. The van der Waals surface area contributed by atoms with Crippen molar-refractivity contribution in [2.24, 2.45) is 0 Å². The first kappa shape index (κ1) is 18.7. The van der Waals surface area contributed by atoms with Crippen LogP contribution in [0.4, 0.5) is 5.82 Å². The number of H-pyrrole nitrogens is 1. The number of halogens is 1. The molecule has 1 atom stereocenters. The van der Waals surface area contributed by atoms with Gasteiger partial charge in [0.15, 0.2) is 5.16 Å². The second-order valence-corrected chi connectivity index (χ2v) is 8.95. The monoisotopic (exact) mass is 429 g/mol. The summed E-state index contributed by atoms with van der Waals surface area (Å²) in [6.07, 6.45) is 1.84. The molecule has 0 unspecified atom stereocenters. The van der Waals surface area contributed by atoms with E-state index in [9.17, 15) is 4.79 Å². The summed E-state index contributed by atoms with van der Waals surface area (Å²) in [5.74, 6) is 0.838. The molecule has 0 bridgehead atoms. The number of carbonyl (C=O) groups excluding carboxylic acids is 1. The molecule has 9 heteroatoms. The van der Waals surface area contributed by atoms with Crippen molar-refractivity contribution in [3.05, 3.63) is 40.0 Å². The summed E-state index contributed by atoms with van der Waals surface area (Å²) in [5.41, 5.74) is 7.68. The highest BCUT2D eigenvalue weighted by molar-refractivity contribution is 7.99. The summed E-state index contributed by atoms with van der Waals surface area (Å²) >= 11 is 8.12. The first-order valence-corrected chi connectivity index (χ1v) is 11.0. The van der Waals surface area contributed by atoms with Crippen molar-refractivity contribution >= 4 is 46.1 Å². The van der Waals surface area contributed by atoms with Gasteiger partial charge in [-0.2, -0.15) is 0 Å². The maximum atomic E-state index is 12.0. The Morgan fingerprint density at radius 2 is 2.24 bits per heavy atom. The minimum Gasteiger partial charge on any atom is -0.354 e. The van der Waals surface area contributed by atoms with Gasteiger partial charge in [-0.3, -0.25) is 4.79 Å². The fourth-order valence-corrected chi connectivity index (χ4v) is 5.12. The van der Waals surface area contributed by atoms with Crippen LogP contribution in [0.3, 0.4) is 0 Å². The Balaban J connectivity index is 1.58. The highest BCUT2D eigenvalue weighted by atomic mass is 35.5. The van der Waals surface area contributed by atoms with Crippen LogP contribution in [0.15, 0.2) is 28.3 Å². The Morgan fingerprint density at radius 3 is 3.00 bits per heavy atom. The molecule has 2 aromatic heterocycles. The van der Waals surface area contributed by atoms with E-state index < -0.39 is 0 Å². The number of rotatable bonds is 4. The zero-order chi connectivity index (χ0) is 20.1. The lowest BCUT2D eigenvalue weighted by Gasteiger charge is -2.18. The Kier molecular flexibility index (Phi) is 4.64. The molecule has 7 nitrogen and oxygen atoms in total. The van der Waals surface area contributed by atoms with E-state index in [-0.39, 0.29) is 5.91 Å². The van der Waals surface area contributed by atoms with Gasteiger partial charge in [0.1, 0.15) is 17.5 Å².